The van der Waals surface area contributed by atoms with Gasteiger partial charge in [0.25, 0.3) is 11.8 Å². The summed E-state index contributed by atoms with van der Waals surface area (Å²) in [6, 6.07) is 17.3. The molecule has 2 aliphatic rings. The number of carbonyl (C=O) groups is 2. The molecule has 5 nitrogen and oxygen atoms in total. The zero-order valence-electron chi connectivity index (χ0n) is 19.0. The van der Waals surface area contributed by atoms with Gasteiger partial charge in [-0.2, -0.15) is 0 Å². The fraction of sp³-hybridized carbons (Fsp3) is 0.407. The monoisotopic (exact) mass is 432 g/mol. The van der Waals surface area contributed by atoms with Crippen molar-refractivity contribution in [1.82, 2.24) is 4.90 Å². The van der Waals surface area contributed by atoms with Crippen LogP contribution in [0.4, 0.5) is 5.69 Å². The summed E-state index contributed by atoms with van der Waals surface area (Å²) in [7, 11) is 1.87. The fourth-order valence-electron chi connectivity index (χ4n) is 4.67. The highest BCUT2D eigenvalue weighted by atomic mass is 16.5. The van der Waals surface area contributed by atoms with E-state index in [0.717, 1.165) is 49.1 Å². The van der Waals surface area contributed by atoms with Crippen molar-refractivity contribution >= 4 is 23.1 Å². The van der Waals surface area contributed by atoms with Gasteiger partial charge in [0.2, 0.25) is 0 Å². The average molecular weight is 433 g/mol. The second-order valence-electron chi connectivity index (χ2n) is 8.62. The lowest BCUT2D eigenvalue weighted by atomic mass is 10.0. The van der Waals surface area contributed by atoms with E-state index in [4.69, 9.17) is 4.74 Å². The molecule has 0 radical (unpaired) electrons. The predicted octanol–water partition coefficient (Wildman–Crippen LogP) is 5.41. The summed E-state index contributed by atoms with van der Waals surface area (Å²) < 4.78 is 5.71. The van der Waals surface area contributed by atoms with Crippen LogP contribution in [0.1, 0.15) is 57.4 Å². The lowest BCUT2D eigenvalue weighted by Crippen LogP contribution is -2.42. The van der Waals surface area contributed by atoms with Crippen molar-refractivity contribution < 1.29 is 14.3 Å². The Kier molecular flexibility index (Phi) is 6.93. The maximum absolute atomic E-state index is 13.7. The number of imide groups is 1. The van der Waals surface area contributed by atoms with E-state index in [-0.39, 0.29) is 17.9 Å². The minimum atomic E-state index is -0.186. The van der Waals surface area contributed by atoms with Crippen LogP contribution >= 0.6 is 0 Å². The number of para-hydroxylation sites is 1. The average Bonchev–Trinajstić information content (AvgIpc) is 2.98. The quantitative estimate of drug-likeness (QED) is 0.433. The zero-order valence-corrected chi connectivity index (χ0v) is 19.0. The molecule has 0 N–H and O–H groups in total. The molecule has 2 aromatic carbocycles. The summed E-state index contributed by atoms with van der Waals surface area (Å²) in [6.07, 6.45) is 7.16. The second-order valence-corrected chi connectivity index (χ2v) is 8.62. The number of carbonyl (C=O) groups excluding carboxylic acids is 2. The van der Waals surface area contributed by atoms with Gasteiger partial charge in [0.05, 0.1) is 12.2 Å². The van der Waals surface area contributed by atoms with Crippen LogP contribution in [-0.4, -0.2) is 36.4 Å². The molecule has 1 aliphatic heterocycles. The van der Waals surface area contributed by atoms with Gasteiger partial charge in [-0.15, -0.1) is 0 Å². The number of ether oxygens (including phenoxy) is 1. The number of hydrogen-bond donors (Lipinski definition) is 0. The summed E-state index contributed by atoms with van der Waals surface area (Å²) in [5.74, 6) is 0.406. The van der Waals surface area contributed by atoms with Gasteiger partial charge in [-0.05, 0) is 49.1 Å². The molecular weight excluding hydrogens is 400 g/mol. The summed E-state index contributed by atoms with van der Waals surface area (Å²) in [6.45, 7) is 2.71. The Morgan fingerprint density at radius 2 is 1.56 bits per heavy atom. The lowest BCUT2D eigenvalue weighted by molar-refractivity contribution is -0.139. The van der Waals surface area contributed by atoms with Gasteiger partial charge in [0, 0.05) is 18.8 Å². The van der Waals surface area contributed by atoms with Gasteiger partial charge in [0.15, 0.2) is 0 Å². The lowest BCUT2D eigenvalue weighted by Gasteiger charge is -2.27. The molecule has 0 spiro atoms. The number of rotatable bonds is 7. The summed E-state index contributed by atoms with van der Waals surface area (Å²) in [4.78, 5) is 30.8. The van der Waals surface area contributed by atoms with E-state index in [1.54, 1.807) is 0 Å². The standard InChI is InChI=1S/C27H32N2O3/c1-3-19-32-23-17-15-20(16-18-23)24-25(28(2)21-11-9-6-10-12-21)27(31)29(26(24)30)22-13-7-4-5-8-14-22/h6,9-12,15-18,22H,3-5,7-8,13-14,19H2,1-2H3. The molecule has 0 unspecified atom stereocenters. The molecular formula is C27H32N2O3. The smallest absolute Gasteiger partial charge is 0.278 e. The SMILES string of the molecule is CCCOc1ccc(C2=C(N(C)c3ccccc3)C(=O)N(C3CCCCCC3)C2=O)cc1. The molecule has 0 bridgehead atoms. The van der Waals surface area contributed by atoms with E-state index >= 15 is 0 Å². The van der Waals surface area contributed by atoms with Crippen molar-refractivity contribution in [2.45, 2.75) is 57.9 Å². The second kappa shape index (κ2) is 10.0. The normalized spacial score (nSPS) is 17.6. The van der Waals surface area contributed by atoms with Crippen molar-refractivity contribution in [2.24, 2.45) is 0 Å². The van der Waals surface area contributed by atoms with E-state index in [2.05, 4.69) is 6.92 Å². The Labute approximate surface area is 190 Å². The van der Waals surface area contributed by atoms with E-state index in [1.165, 1.54) is 17.7 Å². The molecule has 32 heavy (non-hydrogen) atoms. The third kappa shape index (κ3) is 4.43. The molecule has 1 heterocycles. The maximum atomic E-state index is 13.7. The molecule has 5 heteroatoms. The summed E-state index contributed by atoms with van der Waals surface area (Å²) in [5, 5.41) is 0. The highest BCUT2D eigenvalue weighted by Crippen LogP contribution is 2.37. The van der Waals surface area contributed by atoms with Crippen LogP contribution in [0.15, 0.2) is 60.3 Å². The topological polar surface area (TPSA) is 49.9 Å². The Morgan fingerprint density at radius 3 is 2.19 bits per heavy atom. The number of likely N-dealkylation sites (N-methyl/N-ethyl adjacent to an activating group) is 1. The van der Waals surface area contributed by atoms with E-state index in [9.17, 15) is 9.59 Å². The van der Waals surface area contributed by atoms with Crippen LogP contribution < -0.4 is 9.64 Å². The largest absolute Gasteiger partial charge is 0.494 e. The summed E-state index contributed by atoms with van der Waals surface area (Å²) >= 11 is 0. The zero-order chi connectivity index (χ0) is 22.5. The molecule has 0 saturated heterocycles. The van der Waals surface area contributed by atoms with Gasteiger partial charge in [-0.25, -0.2) is 0 Å². The first-order chi connectivity index (χ1) is 15.6. The minimum absolute atomic E-state index is 0.0265. The molecule has 4 rings (SSSR count). The highest BCUT2D eigenvalue weighted by Gasteiger charge is 2.44. The van der Waals surface area contributed by atoms with Gasteiger partial charge < -0.3 is 9.64 Å². The number of anilines is 1. The van der Waals surface area contributed by atoms with Crippen molar-refractivity contribution in [3.63, 3.8) is 0 Å². The van der Waals surface area contributed by atoms with Crippen LogP contribution in [0.5, 0.6) is 5.75 Å². The maximum Gasteiger partial charge on any atom is 0.278 e. The molecule has 2 amide bonds. The van der Waals surface area contributed by atoms with Gasteiger partial charge in [-0.3, -0.25) is 14.5 Å². The van der Waals surface area contributed by atoms with Crippen molar-refractivity contribution in [1.29, 1.82) is 0 Å². The Bertz CT molecular complexity index is 974. The summed E-state index contributed by atoms with van der Waals surface area (Å²) in [5.41, 5.74) is 2.56. The van der Waals surface area contributed by atoms with Gasteiger partial charge in [0.1, 0.15) is 11.4 Å². The van der Waals surface area contributed by atoms with Crippen LogP contribution in [0, 0.1) is 0 Å². The molecule has 0 atom stereocenters. The van der Waals surface area contributed by atoms with Crippen LogP contribution in [-0.2, 0) is 9.59 Å². The fourth-order valence-corrected chi connectivity index (χ4v) is 4.67. The first-order valence-corrected chi connectivity index (χ1v) is 11.8. The van der Waals surface area contributed by atoms with Gasteiger partial charge >= 0.3 is 0 Å². The van der Waals surface area contributed by atoms with Crippen LogP contribution in [0.2, 0.25) is 0 Å². The third-order valence-electron chi connectivity index (χ3n) is 6.38. The first kappa shape index (κ1) is 22.1. The number of benzene rings is 2. The molecule has 1 aliphatic carbocycles. The molecule has 1 saturated carbocycles. The van der Waals surface area contributed by atoms with Crippen molar-refractivity contribution in [3.8, 4) is 5.75 Å². The number of hydrogen-bond acceptors (Lipinski definition) is 4. The number of amides is 2. The highest BCUT2D eigenvalue weighted by molar-refractivity contribution is 6.36. The minimum Gasteiger partial charge on any atom is -0.494 e. The Hall–Kier alpha value is -3.08. The third-order valence-corrected chi connectivity index (χ3v) is 6.38. The van der Waals surface area contributed by atoms with Gasteiger partial charge in [-0.1, -0.05) is 62.9 Å². The Balaban J connectivity index is 1.74. The number of nitrogens with zero attached hydrogens (tertiary/aromatic N) is 2. The van der Waals surface area contributed by atoms with Crippen molar-refractivity contribution in [2.75, 3.05) is 18.6 Å². The van der Waals surface area contributed by atoms with Crippen molar-refractivity contribution in [3.05, 3.63) is 65.9 Å². The van der Waals surface area contributed by atoms with E-state index in [0.29, 0.717) is 17.9 Å². The predicted molar refractivity (Wildman–Crippen MR) is 127 cm³/mol. The van der Waals surface area contributed by atoms with Crippen LogP contribution in [0.3, 0.4) is 0 Å². The van der Waals surface area contributed by atoms with Crippen LogP contribution in [0.25, 0.3) is 5.57 Å². The molecule has 2 aromatic rings. The molecule has 0 aromatic heterocycles. The molecule has 1 fully saturated rings. The van der Waals surface area contributed by atoms with E-state index in [1.807, 2.05) is 66.5 Å². The Morgan fingerprint density at radius 1 is 0.906 bits per heavy atom. The van der Waals surface area contributed by atoms with E-state index < -0.39 is 0 Å². The molecule has 168 valence electrons. The first-order valence-electron chi connectivity index (χ1n) is 11.8.